The van der Waals surface area contributed by atoms with Crippen LogP contribution in [0.1, 0.15) is 6.42 Å². The summed E-state index contributed by atoms with van der Waals surface area (Å²) in [7, 11) is 0. The fraction of sp³-hybridized carbons (Fsp3) is 0.200. The van der Waals surface area contributed by atoms with Crippen LogP contribution in [0.25, 0.3) is 0 Å². The second-order valence-corrected chi connectivity index (χ2v) is 4.05. The van der Waals surface area contributed by atoms with Gasteiger partial charge in [-0.2, -0.15) is 4.39 Å². The summed E-state index contributed by atoms with van der Waals surface area (Å²) < 4.78 is 31.4. The van der Waals surface area contributed by atoms with E-state index in [0.717, 1.165) is 11.8 Å². The molecule has 4 heteroatoms. The maximum Gasteiger partial charge on any atom is 0.200 e. The molecule has 0 bridgehead atoms. The zero-order valence-corrected chi connectivity index (χ0v) is 10.4. The quantitative estimate of drug-likeness (QED) is 0.799. The minimum atomic E-state index is -0.932. The zero-order valence-electron chi connectivity index (χ0n) is 10.4. The molecule has 0 aliphatic carbocycles. The van der Waals surface area contributed by atoms with E-state index in [2.05, 4.69) is 5.32 Å². The van der Waals surface area contributed by atoms with E-state index in [9.17, 15) is 8.78 Å². The molecule has 0 radical (unpaired) electrons. The number of ether oxygens (including phenoxy) is 1. The molecule has 0 saturated carbocycles. The molecular weight excluding hydrogens is 248 g/mol. The lowest BCUT2D eigenvalue weighted by atomic mass is 10.3. The van der Waals surface area contributed by atoms with Gasteiger partial charge in [-0.15, -0.1) is 0 Å². The van der Waals surface area contributed by atoms with Crippen LogP contribution in [0.5, 0.6) is 5.75 Å². The monoisotopic (exact) mass is 263 g/mol. The van der Waals surface area contributed by atoms with Crippen molar-refractivity contribution in [2.75, 3.05) is 18.5 Å². The number of rotatable bonds is 6. The lowest BCUT2D eigenvalue weighted by Crippen LogP contribution is -2.08. The Morgan fingerprint density at radius 1 is 0.947 bits per heavy atom. The largest absolute Gasteiger partial charge is 0.490 e. The average molecular weight is 263 g/mol. The lowest BCUT2D eigenvalue weighted by molar-refractivity contribution is 0.293. The standard InChI is InChI=1S/C15H15F2NO/c16-13-8-4-9-14(15(13)17)19-11-5-10-18-12-6-2-1-3-7-12/h1-4,6-9,18H,5,10-11H2. The number of nitrogens with one attached hydrogen (secondary N) is 1. The molecule has 0 spiro atoms. The third-order valence-electron chi connectivity index (χ3n) is 2.60. The van der Waals surface area contributed by atoms with Crippen LogP contribution in [-0.2, 0) is 0 Å². The van der Waals surface area contributed by atoms with E-state index in [1.165, 1.54) is 12.1 Å². The SMILES string of the molecule is Fc1cccc(OCCCNc2ccccc2)c1F. The molecule has 0 atom stereocenters. The summed E-state index contributed by atoms with van der Waals surface area (Å²) in [5.74, 6) is -1.86. The van der Waals surface area contributed by atoms with E-state index in [4.69, 9.17) is 4.74 Å². The third-order valence-corrected chi connectivity index (χ3v) is 2.60. The van der Waals surface area contributed by atoms with E-state index in [0.29, 0.717) is 19.6 Å². The fourth-order valence-electron chi connectivity index (χ4n) is 1.64. The summed E-state index contributed by atoms with van der Waals surface area (Å²) in [4.78, 5) is 0. The number of benzene rings is 2. The molecule has 0 aromatic heterocycles. The van der Waals surface area contributed by atoms with Crippen LogP contribution in [0.4, 0.5) is 14.5 Å². The molecule has 0 amide bonds. The van der Waals surface area contributed by atoms with Gasteiger partial charge in [-0.25, -0.2) is 4.39 Å². The molecule has 0 aliphatic heterocycles. The number of para-hydroxylation sites is 1. The first kappa shape index (κ1) is 13.3. The molecular formula is C15H15F2NO. The van der Waals surface area contributed by atoms with Crippen LogP contribution < -0.4 is 10.1 Å². The van der Waals surface area contributed by atoms with Crippen LogP contribution in [0.15, 0.2) is 48.5 Å². The normalized spacial score (nSPS) is 10.2. The summed E-state index contributed by atoms with van der Waals surface area (Å²) in [5.41, 5.74) is 1.03. The summed E-state index contributed by atoms with van der Waals surface area (Å²) >= 11 is 0. The first-order valence-corrected chi connectivity index (χ1v) is 6.13. The molecule has 2 nitrogen and oxygen atoms in total. The summed E-state index contributed by atoms with van der Waals surface area (Å²) in [5, 5.41) is 3.21. The van der Waals surface area contributed by atoms with Gasteiger partial charge >= 0.3 is 0 Å². The Balaban J connectivity index is 1.71. The highest BCUT2D eigenvalue weighted by Gasteiger charge is 2.07. The maximum atomic E-state index is 13.3. The predicted octanol–water partition coefficient (Wildman–Crippen LogP) is 3.85. The van der Waals surface area contributed by atoms with Gasteiger partial charge in [-0.3, -0.25) is 0 Å². The Kier molecular flexibility index (Phi) is 4.72. The predicted molar refractivity (Wildman–Crippen MR) is 71.4 cm³/mol. The summed E-state index contributed by atoms with van der Waals surface area (Å²) in [6, 6.07) is 13.7. The molecule has 0 unspecified atom stereocenters. The molecule has 2 aromatic rings. The van der Waals surface area contributed by atoms with Crippen LogP contribution in [0.3, 0.4) is 0 Å². The molecule has 100 valence electrons. The molecule has 2 rings (SSSR count). The van der Waals surface area contributed by atoms with Crippen LogP contribution in [0.2, 0.25) is 0 Å². The van der Waals surface area contributed by atoms with E-state index >= 15 is 0 Å². The smallest absolute Gasteiger partial charge is 0.200 e. The molecule has 0 fully saturated rings. The van der Waals surface area contributed by atoms with Gasteiger partial charge in [-0.05, 0) is 30.7 Å². The highest BCUT2D eigenvalue weighted by molar-refractivity contribution is 5.42. The number of hydrogen-bond acceptors (Lipinski definition) is 2. The van der Waals surface area contributed by atoms with Crippen molar-refractivity contribution in [1.82, 2.24) is 0 Å². The van der Waals surface area contributed by atoms with Gasteiger partial charge in [0.05, 0.1) is 6.61 Å². The lowest BCUT2D eigenvalue weighted by Gasteiger charge is -2.09. The molecule has 19 heavy (non-hydrogen) atoms. The molecule has 0 aliphatic rings. The number of hydrogen-bond donors (Lipinski definition) is 1. The zero-order chi connectivity index (χ0) is 13.5. The first-order chi connectivity index (χ1) is 9.27. The molecule has 0 saturated heterocycles. The van der Waals surface area contributed by atoms with E-state index in [-0.39, 0.29) is 5.75 Å². The Labute approximate surface area is 111 Å². The molecule has 1 N–H and O–H groups in total. The van der Waals surface area contributed by atoms with Gasteiger partial charge in [0.2, 0.25) is 5.82 Å². The topological polar surface area (TPSA) is 21.3 Å². The highest BCUT2D eigenvalue weighted by Crippen LogP contribution is 2.19. The van der Waals surface area contributed by atoms with E-state index < -0.39 is 11.6 Å². The minimum absolute atomic E-state index is 0.0419. The van der Waals surface area contributed by atoms with Gasteiger partial charge in [0.15, 0.2) is 11.6 Å². The first-order valence-electron chi connectivity index (χ1n) is 6.13. The van der Waals surface area contributed by atoms with Crippen LogP contribution in [-0.4, -0.2) is 13.2 Å². The Morgan fingerprint density at radius 2 is 1.74 bits per heavy atom. The van der Waals surface area contributed by atoms with Gasteiger partial charge in [0.25, 0.3) is 0 Å². The van der Waals surface area contributed by atoms with Gasteiger partial charge in [0.1, 0.15) is 0 Å². The average Bonchev–Trinajstić information content (AvgIpc) is 2.44. The van der Waals surface area contributed by atoms with Crippen molar-refractivity contribution in [3.63, 3.8) is 0 Å². The van der Waals surface area contributed by atoms with Crippen LogP contribution in [0, 0.1) is 11.6 Å². The molecule has 0 heterocycles. The second kappa shape index (κ2) is 6.73. The van der Waals surface area contributed by atoms with Crippen molar-refractivity contribution in [3.8, 4) is 5.75 Å². The van der Waals surface area contributed by atoms with Gasteiger partial charge < -0.3 is 10.1 Å². The van der Waals surface area contributed by atoms with Crippen molar-refractivity contribution in [2.45, 2.75) is 6.42 Å². The van der Waals surface area contributed by atoms with Gasteiger partial charge in [0, 0.05) is 12.2 Å². The van der Waals surface area contributed by atoms with Crippen molar-refractivity contribution < 1.29 is 13.5 Å². The maximum absolute atomic E-state index is 13.3. The Hall–Kier alpha value is -2.10. The van der Waals surface area contributed by atoms with E-state index in [1.54, 1.807) is 0 Å². The number of halogens is 2. The molecule has 2 aromatic carbocycles. The highest BCUT2D eigenvalue weighted by atomic mass is 19.2. The second-order valence-electron chi connectivity index (χ2n) is 4.05. The minimum Gasteiger partial charge on any atom is -0.490 e. The van der Waals surface area contributed by atoms with Crippen molar-refractivity contribution in [2.24, 2.45) is 0 Å². The summed E-state index contributed by atoms with van der Waals surface area (Å²) in [6.45, 7) is 1.04. The van der Waals surface area contributed by atoms with Gasteiger partial charge in [-0.1, -0.05) is 24.3 Å². The van der Waals surface area contributed by atoms with Crippen molar-refractivity contribution >= 4 is 5.69 Å². The fourth-order valence-corrected chi connectivity index (χ4v) is 1.64. The van der Waals surface area contributed by atoms with Crippen molar-refractivity contribution in [1.29, 1.82) is 0 Å². The third kappa shape index (κ3) is 3.95. The van der Waals surface area contributed by atoms with E-state index in [1.807, 2.05) is 30.3 Å². The number of anilines is 1. The Morgan fingerprint density at radius 3 is 2.53 bits per heavy atom. The van der Waals surface area contributed by atoms with Crippen LogP contribution >= 0.6 is 0 Å². The summed E-state index contributed by atoms with van der Waals surface area (Å²) in [6.07, 6.45) is 0.699. The Bertz CT molecular complexity index is 517. The van der Waals surface area contributed by atoms with Crippen molar-refractivity contribution in [3.05, 3.63) is 60.2 Å².